The maximum absolute atomic E-state index is 12.7. The Labute approximate surface area is 154 Å². The second-order valence-electron chi connectivity index (χ2n) is 5.99. The molecule has 0 saturated heterocycles. The molecule has 0 atom stereocenters. The van der Waals surface area contributed by atoms with Crippen LogP contribution in [0.3, 0.4) is 0 Å². The lowest BCUT2D eigenvalue weighted by Gasteiger charge is -2.07. The van der Waals surface area contributed by atoms with Crippen molar-refractivity contribution >= 4 is 33.3 Å². The first kappa shape index (κ1) is 16.5. The summed E-state index contributed by atoms with van der Waals surface area (Å²) in [6.45, 7) is 6.35. The smallest absolute Gasteiger partial charge is 0.275 e. The first-order valence-corrected chi connectivity index (χ1v) is 9.15. The number of hydrogen-bond donors (Lipinski definition) is 1. The molecule has 1 amide bonds. The highest BCUT2D eigenvalue weighted by molar-refractivity contribution is 7.20. The number of amides is 1. The van der Waals surface area contributed by atoms with Crippen molar-refractivity contribution in [3.8, 4) is 5.13 Å². The van der Waals surface area contributed by atoms with Gasteiger partial charge in [0.2, 0.25) is 5.13 Å². The Kier molecular flexibility index (Phi) is 4.04. The highest BCUT2D eigenvalue weighted by Crippen LogP contribution is 2.27. The van der Waals surface area contributed by atoms with Gasteiger partial charge in [0.25, 0.3) is 5.91 Å². The minimum Gasteiger partial charge on any atom is -0.305 e. The van der Waals surface area contributed by atoms with E-state index in [-0.39, 0.29) is 5.91 Å². The number of nitrogens with zero attached hydrogens (tertiary/aromatic N) is 5. The van der Waals surface area contributed by atoms with E-state index in [1.54, 1.807) is 15.4 Å². The van der Waals surface area contributed by atoms with Gasteiger partial charge in [0.15, 0.2) is 0 Å². The van der Waals surface area contributed by atoms with Crippen molar-refractivity contribution in [1.82, 2.24) is 24.5 Å². The van der Waals surface area contributed by atoms with Crippen LogP contribution in [0.25, 0.3) is 15.3 Å². The third-order valence-electron chi connectivity index (χ3n) is 3.97. The van der Waals surface area contributed by atoms with Crippen molar-refractivity contribution in [1.29, 1.82) is 0 Å². The first-order valence-electron chi connectivity index (χ1n) is 8.33. The van der Waals surface area contributed by atoms with E-state index in [1.165, 1.54) is 11.3 Å². The number of aryl methyl sites for hydroxylation is 3. The van der Waals surface area contributed by atoms with Gasteiger partial charge in [0, 0.05) is 12.6 Å². The van der Waals surface area contributed by atoms with Crippen LogP contribution in [0.4, 0.5) is 5.82 Å². The molecule has 0 saturated carbocycles. The molecule has 8 heteroatoms. The molecule has 0 fully saturated rings. The van der Waals surface area contributed by atoms with Crippen molar-refractivity contribution in [3.63, 3.8) is 0 Å². The topological polar surface area (TPSA) is 77.6 Å². The molecule has 7 nitrogen and oxygen atoms in total. The van der Waals surface area contributed by atoms with E-state index in [1.807, 2.05) is 51.1 Å². The molecule has 26 heavy (non-hydrogen) atoms. The lowest BCUT2D eigenvalue weighted by molar-refractivity contribution is 0.101. The second kappa shape index (κ2) is 6.38. The van der Waals surface area contributed by atoms with Crippen LogP contribution in [-0.2, 0) is 6.54 Å². The van der Waals surface area contributed by atoms with E-state index in [0.717, 1.165) is 26.7 Å². The molecular weight excluding hydrogens is 348 g/mol. The number of nitrogens with one attached hydrogen (secondary N) is 1. The molecule has 0 unspecified atom stereocenters. The van der Waals surface area contributed by atoms with Gasteiger partial charge in [0.1, 0.15) is 11.5 Å². The number of anilines is 1. The third-order valence-corrected chi connectivity index (χ3v) is 4.98. The molecular formula is C18H18N6OS. The standard InChI is InChI=1S/C18H18N6OS/c1-4-23-14(9-11(2)21-23)17(25)20-16-10-12(3)22-24(16)18-19-13-7-5-6-8-15(13)26-18/h5-10H,4H2,1-3H3,(H,20,25). The molecule has 0 radical (unpaired) electrons. The van der Waals surface area contributed by atoms with Crippen molar-refractivity contribution < 1.29 is 4.79 Å². The number of thiazole rings is 1. The fourth-order valence-electron chi connectivity index (χ4n) is 2.83. The third kappa shape index (κ3) is 2.88. The summed E-state index contributed by atoms with van der Waals surface area (Å²) in [5.41, 5.74) is 3.06. The predicted molar refractivity (Wildman–Crippen MR) is 102 cm³/mol. The summed E-state index contributed by atoms with van der Waals surface area (Å²) in [6, 6.07) is 11.5. The van der Waals surface area contributed by atoms with E-state index in [9.17, 15) is 4.79 Å². The average molecular weight is 366 g/mol. The van der Waals surface area contributed by atoms with Crippen LogP contribution in [0.15, 0.2) is 36.4 Å². The first-order chi connectivity index (χ1) is 12.5. The summed E-state index contributed by atoms with van der Waals surface area (Å²) in [5, 5.41) is 12.5. The van der Waals surface area contributed by atoms with Gasteiger partial charge in [-0.05, 0) is 39.0 Å². The zero-order chi connectivity index (χ0) is 18.3. The minimum atomic E-state index is -0.213. The minimum absolute atomic E-state index is 0.213. The van der Waals surface area contributed by atoms with Gasteiger partial charge in [-0.15, -0.1) is 0 Å². The van der Waals surface area contributed by atoms with Gasteiger partial charge in [-0.3, -0.25) is 9.48 Å². The number of carbonyl (C=O) groups excluding carboxylic acids is 1. The summed E-state index contributed by atoms with van der Waals surface area (Å²) in [5.74, 6) is 0.378. The van der Waals surface area contributed by atoms with E-state index >= 15 is 0 Å². The fraction of sp³-hybridized carbons (Fsp3) is 0.222. The highest BCUT2D eigenvalue weighted by Gasteiger charge is 2.18. The molecule has 4 rings (SSSR count). The maximum atomic E-state index is 12.7. The lowest BCUT2D eigenvalue weighted by Crippen LogP contribution is -2.19. The Bertz CT molecular complexity index is 1070. The van der Waals surface area contributed by atoms with Crippen LogP contribution in [-0.4, -0.2) is 30.5 Å². The zero-order valence-corrected chi connectivity index (χ0v) is 15.5. The summed E-state index contributed by atoms with van der Waals surface area (Å²) in [6.07, 6.45) is 0. The summed E-state index contributed by atoms with van der Waals surface area (Å²) in [7, 11) is 0. The average Bonchev–Trinajstić information content (AvgIpc) is 3.30. The van der Waals surface area contributed by atoms with Crippen LogP contribution in [0, 0.1) is 13.8 Å². The van der Waals surface area contributed by atoms with Gasteiger partial charge >= 0.3 is 0 Å². The summed E-state index contributed by atoms with van der Waals surface area (Å²) >= 11 is 1.53. The quantitative estimate of drug-likeness (QED) is 0.599. The second-order valence-corrected chi connectivity index (χ2v) is 7.00. The predicted octanol–water partition coefficient (Wildman–Crippen LogP) is 3.57. The normalized spacial score (nSPS) is 11.2. The number of para-hydroxylation sites is 1. The Hall–Kier alpha value is -3.00. The van der Waals surface area contributed by atoms with Crippen molar-refractivity contribution in [2.45, 2.75) is 27.3 Å². The molecule has 3 heterocycles. The van der Waals surface area contributed by atoms with Gasteiger partial charge in [-0.1, -0.05) is 23.5 Å². The van der Waals surface area contributed by atoms with Crippen LogP contribution in [0.1, 0.15) is 28.8 Å². The van der Waals surface area contributed by atoms with Crippen molar-refractivity contribution in [2.24, 2.45) is 0 Å². The highest BCUT2D eigenvalue weighted by atomic mass is 32.1. The largest absolute Gasteiger partial charge is 0.305 e. The fourth-order valence-corrected chi connectivity index (χ4v) is 3.77. The van der Waals surface area contributed by atoms with Gasteiger partial charge in [0.05, 0.1) is 21.6 Å². The van der Waals surface area contributed by atoms with Crippen molar-refractivity contribution in [2.75, 3.05) is 5.32 Å². The Morgan fingerprint density at radius 2 is 1.92 bits per heavy atom. The number of hydrogen-bond acceptors (Lipinski definition) is 5. The van der Waals surface area contributed by atoms with E-state index in [0.29, 0.717) is 18.1 Å². The number of carbonyl (C=O) groups is 1. The summed E-state index contributed by atoms with van der Waals surface area (Å²) in [4.78, 5) is 17.4. The number of rotatable bonds is 4. The van der Waals surface area contributed by atoms with Gasteiger partial charge in [-0.2, -0.15) is 14.9 Å². The zero-order valence-electron chi connectivity index (χ0n) is 14.7. The van der Waals surface area contributed by atoms with E-state index < -0.39 is 0 Å². The lowest BCUT2D eigenvalue weighted by atomic mass is 10.3. The monoisotopic (exact) mass is 366 g/mol. The molecule has 132 valence electrons. The van der Waals surface area contributed by atoms with Crippen LogP contribution in [0.5, 0.6) is 0 Å². The Balaban J connectivity index is 1.70. The van der Waals surface area contributed by atoms with E-state index in [4.69, 9.17) is 0 Å². The van der Waals surface area contributed by atoms with Crippen molar-refractivity contribution in [3.05, 3.63) is 53.5 Å². The SMILES string of the molecule is CCn1nc(C)cc1C(=O)Nc1cc(C)nn1-c1nc2ccccc2s1. The number of aromatic nitrogens is 5. The summed E-state index contributed by atoms with van der Waals surface area (Å²) < 4.78 is 4.44. The molecule has 0 bridgehead atoms. The molecule has 0 spiro atoms. The Morgan fingerprint density at radius 3 is 2.69 bits per heavy atom. The number of fused-ring (bicyclic) bond motifs is 1. The molecule has 0 aliphatic carbocycles. The van der Waals surface area contributed by atoms with E-state index in [2.05, 4.69) is 20.5 Å². The molecule has 0 aliphatic rings. The number of benzene rings is 1. The van der Waals surface area contributed by atoms with Crippen LogP contribution < -0.4 is 5.32 Å². The van der Waals surface area contributed by atoms with Gasteiger partial charge in [-0.25, -0.2) is 4.98 Å². The van der Waals surface area contributed by atoms with Crippen LogP contribution in [0.2, 0.25) is 0 Å². The van der Waals surface area contributed by atoms with Crippen LogP contribution >= 0.6 is 11.3 Å². The molecule has 3 aromatic heterocycles. The van der Waals surface area contributed by atoms with Gasteiger partial charge < -0.3 is 5.32 Å². The molecule has 1 N–H and O–H groups in total. The Morgan fingerprint density at radius 1 is 1.15 bits per heavy atom. The maximum Gasteiger partial charge on any atom is 0.275 e. The molecule has 1 aromatic carbocycles. The molecule has 0 aliphatic heterocycles. The molecule has 4 aromatic rings.